The van der Waals surface area contributed by atoms with E-state index in [2.05, 4.69) is 23.6 Å². The summed E-state index contributed by atoms with van der Waals surface area (Å²) in [4.78, 5) is 12.2. The zero-order valence-electron chi connectivity index (χ0n) is 10.1. The number of carbonyl (C=O) groups excluding carboxylic acids is 1. The Morgan fingerprint density at radius 1 is 1.28 bits per heavy atom. The van der Waals surface area contributed by atoms with Crippen LogP contribution in [0.3, 0.4) is 0 Å². The van der Waals surface area contributed by atoms with Crippen LogP contribution in [0.15, 0.2) is 47.9 Å². The van der Waals surface area contributed by atoms with E-state index in [4.69, 9.17) is 4.74 Å². The molecular weight excluding hydrogens is 244 g/mol. The lowest BCUT2D eigenvalue weighted by Crippen LogP contribution is -1.98. The number of benzene rings is 1. The smallest absolute Gasteiger partial charge is 0.330 e. The van der Waals surface area contributed by atoms with Crippen LogP contribution in [-0.4, -0.2) is 12.6 Å². The number of rotatable bonds is 4. The second kappa shape index (κ2) is 6.17. The molecule has 0 fully saturated rings. The lowest BCUT2D eigenvalue weighted by Gasteiger charge is -1.94. The highest BCUT2D eigenvalue weighted by molar-refractivity contribution is 7.11. The monoisotopic (exact) mass is 258 g/mol. The van der Waals surface area contributed by atoms with Gasteiger partial charge in [-0.05, 0) is 35.6 Å². The van der Waals surface area contributed by atoms with Gasteiger partial charge in [-0.25, -0.2) is 4.79 Å². The molecule has 0 aliphatic rings. The molecule has 92 valence electrons. The highest BCUT2D eigenvalue weighted by Gasteiger charge is 2.00. The number of ether oxygens (including phenoxy) is 1. The van der Waals surface area contributed by atoms with Crippen LogP contribution in [0.25, 0.3) is 17.2 Å². The molecule has 0 aliphatic heterocycles. The fourth-order valence-electron chi connectivity index (χ4n) is 1.56. The second-order valence-corrected chi connectivity index (χ2v) is 4.63. The van der Waals surface area contributed by atoms with Gasteiger partial charge >= 0.3 is 5.97 Å². The summed E-state index contributed by atoms with van der Waals surface area (Å²) in [6.07, 6.45) is 3.25. The van der Waals surface area contributed by atoms with Gasteiger partial charge < -0.3 is 4.74 Å². The highest BCUT2D eigenvalue weighted by Crippen LogP contribution is 2.26. The van der Waals surface area contributed by atoms with E-state index in [-0.39, 0.29) is 5.97 Å². The number of thiophene rings is 1. The summed E-state index contributed by atoms with van der Waals surface area (Å²) in [5.41, 5.74) is 2.36. The van der Waals surface area contributed by atoms with E-state index in [1.807, 2.05) is 18.2 Å². The molecule has 1 heterocycles. The molecule has 1 aromatic heterocycles. The normalized spacial score (nSPS) is 10.7. The largest absolute Gasteiger partial charge is 0.463 e. The van der Waals surface area contributed by atoms with Crippen LogP contribution in [0.5, 0.6) is 0 Å². The van der Waals surface area contributed by atoms with Crippen LogP contribution < -0.4 is 0 Å². The Kier molecular flexibility index (Phi) is 4.31. The molecular formula is C15H14O2S. The Morgan fingerprint density at radius 2 is 2.06 bits per heavy atom. The van der Waals surface area contributed by atoms with Crippen LogP contribution in [0.4, 0.5) is 0 Å². The van der Waals surface area contributed by atoms with E-state index in [0.29, 0.717) is 6.61 Å². The summed E-state index contributed by atoms with van der Waals surface area (Å²) in [6.45, 7) is 2.20. The summed E-state index contributed by atoms with van der Waals surface area (Å²) < 4.78 is 4.83. The first-order valence-electron chi connectivity index (χ1n) is 5.78. The van der Waals surface area contributed by atoms with Crippen molar-refractivity contribution in [3.05, 3.63) is 52.7 Å². The van der Waals surface area contributed by atoms with E-state index < -0.39 is 0 Å². The van der Waals surface area contributed by atoms with Crippen molar-refractivity contribution in [3.8, 4) is 11.1 Å². The molecule has 0 aliphatic carbocycles. The van der Waals surface area contributed by atoms with Gasteiger partial charge in [0, 0.05) is 11.0 Å². The third-order valence-electron chi connectivity index (χ3n) is 2.40. The zero-order valence-corrected chi connectivity index (χ0v) is 10.9. The van der Waals surface area contributed by atoms with E-state index in [0.717, 1.165) is 4.88 Å². The fourth-order valence-corrected chi connectivity index (χ4v) is 2.37. The number of esters is 1. The minimum Gasteiger partial charge on any atom is -0.463 e. The van der Waals surface area contributed by atoms with Crippen molar-refractivity contribution in [3.63, 3.8) is 0 Å². The molecule has 1 aromatic carbocycles. The predicted octanol–water partition coefficient (Wildman–Crippen LogP) is 3.99. The Morgan fingerprint density at radius 3 is 2.78 bits per heavy atom. The summed E-state index contributed by atoms with van der Waals surface area (Å²) in [6, 6.07) is 12.2. The quantitative estimate of drug-likeness (QED) is 0.612. The molecule has 18 heavy (non-hydrogen) atoms. The molecule has 0 bridgehead atoms. The SMILES string of the molecule is CCOC(=O)C=Cc1cc(-c2ccccc2)cs1. The average Bonchev–Trinajstić information content (AvgIpc) is 2.87. The van der Waals surface area contributed by atoms with E-state index in [1.165, 1.54) is 17.2 Å². The molecule has 2 aromatic rings. The van der Waals surface area contributed by atoms with Crippen molar-refractivity contribution in [2.24, 2.45) is 0 Å². The van der Waals surface area contributed by atoms with Gasteiger partial charge in [-0.15, -0.1) is 11.3 Å². The summed E-state index contributed by atoms with van der Waals surface area (Å²) in [5, 5.41) is 2.08. The molecule has 3 heteroatoms. The summed E-state index contributed by atoms with van der Waals surface area (Å²) in [7, 11) is 0. The maximum absolute atomic E-state index is 11.2. The lowest BCUT2D eigenvalue weighted by atomic mass is 10.1. The molecule has 0 N–H and O–H groups in total. The molecule has 0 atom stereocenters. The first-order valence-corrected chi connectivity index (χ1v) is 6.66. The van der Waals surface area contributed by atoms with Gasteiger partial charge in [-0.3, -0.25) is 0 Å². The third kappa shape index (κ3) is 3.31. The first kappa shape index (κ1) is 12.6. The lowest BCUT2D eigenvalue weighted by molar-refractivity contribution is -0.137. The van der Waals surface area contributed by atoms with Crippen LogP contribution in [0, 0.1) is 0 Å². The van der Waals surface area contributed by atoms with Crippen LogP contribution in [-0.2, 0) is 9.53 Å². The Hall–Kier alpha value is -1.87. The van der Waals surface area contributed by atoms with Crippen molar-refractivity contribution in [1.29, 1.82) is 0 Å². The van der Waals surface area contributed by atoms with Crippen LogP contribution in [0.1, 0.15) is 11.8 Å². The van der Waals surface area contributed by atoms with Gasteiger partial charge in [0.2, 0.25) is 0 Å². The van der Waals surface area contributed by atoms with Gasteiger partial charge in [0.25, 0.3) is 0 Å². The fraction of sp³-hybridized carbons (Fsp3) is 0.133. The molecule has 0 saturated heterocycles. The van der Waals surface area contributed by atoms with E-state index >= 15 is 0 Å². The number of carbonyl (C=O) groups is 1. The Balaban J connectivity index is 2.09. The van der Waals surface area contributed by atoms with Crippen molar-refractivity contribution in [2.75, 3.05) is 6.61 Å². The molecule has 2 rings (SSSR count). The maximum Gasteiger partial charge on any atom is 0.330 e. The van der Waals surface area contributed by atoms with Crippen molar-refractivity contribution in [1.82, 2.24) is 0 Å². The Labute approximate surface area is 111 Å². The van der Waals surface area contributed by atoms with Crippen LogP contribution >= 0.6 is 11.3 Å². The molecule has 2 nitrogen and oxygen atoms in total. The van der Waals surface area contributed by atoms with Crippen LogP contribution in [0.2, 0.25) is 0 Å². The third-order valence-corrected chi connectivity index (χ3v) is 3.30. The minimum absolute atomic E-state index is 0.299. The van der Waals surface area contributed by atoms with Gasteiger partial charge in [0.1, 0.15) is 0 Å². The predicted molar refractivity (Wildman–Crippen MR) is 75.4 cm³/mol. The van der Waals surface area contributed by atoms with Gasteiger partial charge in [-0.2, -0.15) is 0 Å². The number of hydrogen-bond donors (Lipinski definition) is 0. The molecule has 0 amide bonds. The summed E-state index contributed by atoms with van der Waals surface area (Å²) >= 11 is 1.61. The molecule has 0 saturated carbocycles. The van der Waals surface area contributed by atoms with Gasteiger partial charge in [0.05, 0.1) is 6.61 Å². The minimum atomic E-state index is -0.299. The van der Waals surface area contributed by atoms with E-state index in [1.54, 1.807) is 24.3 Å². The van der Waals surface area contributed by atoms with Crippen molar-refractivity contribution < 1.29 is 9.53 Å². The zero-order chi connectivity index (χ0) is 12.8. The highest BCUT2D eigenvalue weighted by atomic mass is 32.1. The summed E-state index contributed by atoms with van der Waals surface area (Å²) in [5.74, 6) is -0.299. The first-order chi connectivity index (χ1) is 8.79. The van der Waals surface area contributed by atoms with Gasteiger partial charge in [0.15, 0.2) is 0 Å². The molecule has 0 radical (unpaired) electrons. The molecule has 0 spiro atoms. The van der Waals surface area contributed by atoms with Gasteiger partial charge in [-0.1, -0.05) is 30.3 Å². The topological polar surface area (TPSA) is 26.3 Å². The maximum atomic E-state index is 11.2. The average molecular weight is 258 g/mol. The van der Waals surface area contributed by atoms with Crippen molar-refractivity contribution in [2.45, 2.75) is 6.92 Å². The second-order valence-electron chi connectivity index (χ2n) is 3.69. The Bertz CT molecular complexity index is 541. The molecule has 0 unspecified atom stereocenters. The standard InChI is InChI=1S/C15H14O2S/c1-2-17-15(16)9-8-14-10-13(11-18-14)12-6-4-3-5-7-12/h3-11H,2H2,1H3. The number of hydrogen-bond acceptors (Lipinski definition) is 3. The van der Waals surface area contributed by atoms with Crippen molar-refractivity contribution >= 4 is 23.4 Å². The van der Waals surface area contributed by atoms with E-state index in [9.17, 15) is 4.79 Å².